The van der Waals surface area contributed by atoms with E-state index in [1.807, 2.05) is 17.4 Å². The fourth-order valence-electron chi connectivity index (χ4n) is 3.19. The molecule has 0 saturated heterocycles. The summed E-state index contributed by atoms with van der Waals surface area (Å²) < 4.78 is 5.84. The van der Waals surface area contributed by atoms with Gasteiger partial charge in [0.05, 0.1) is 6.61 Å². The molecule has 3 rings (SSSR count). The summed E-state index contributed by atoms with van der Waals surface area (Å²) in [5, 5.41) is 3.82. The Labute approximate surface area is 131 Å². The first-order valence-electron chi connectivity index (χ1n) is 7.61. The topological polar surface area (TPSA) is 21.3 Å². The van der Waals surface area contributed by atoms with Gasteiger partial charge in [-0.1, -0.05) is 25.1 Å². The number of benzene rings is 1. The number of rotatable bonds is 3. The minimum absolute atomic E-state index is 0.351. The van der Waals surface area contributed by atoms with Gasteiger partial charge in [0.15, 0.2) is 0 Å². The lowest BCUT2D eigenvalue weighted by atomic mass is 9.91. The zero-order chi connectivity index (χ0) is 15.0. The Kier molecular flexibility index (Phi) is 4.05. The van der Waals surface area contributed by atoms with E-state index in [0.717, 1.165) is 12.4 Å². The van der Waals surface area contributed by atoms with Crippen molar-refractivity contribution in [3.8, 4) is 5.75 Å². The Morgan fingerprint density at radius 3 is 2.76 bits per heavy atom. The molecule has 0 bridgehead atoms. The van der Waals surface area contributed by atoms with Gasteiger partial charge in [0.2, 0.25) is 0 Å². The molecule has 2 heterocycles. The second-order valence-electron chi connectivity index (χ2n) is 6.06. The van der Waals surface area contributed by atoms with Gasteiger partial charge in [-0.15, -0.1) is 11.3 Å². The molecule has 0 aliphatic carbocycles. The van der Waals surface area contributed by atoms with Crippen molar-refractivity contribution in [1.29, 1.82) is 0 Å². The van der Waals surface area contributed by atoms with Crippen LogP contribution in [-0.2, 0) is 0 Å². The van der Waals surface area contributed by atoms with Crippen molar-refractivity contribution in [2.45, 2.75) is 39.8 Å². The Balaban J connectivity index is 1.85. The van der Waals surface area contributed by atoms with E-state index in [-0.39, 0.29) is 0 Å². The smallest absolute Gasteiger partial charge is 0.124 e. The van der Waals surface area contributed by atoms with Crippen LogP contribution in [0.25, 0.3) is 0 Å². The molecule has 112 valence electrons. The number of hydrogen-bond donors (Lipinski definition) is 1. The summed E-state index contributed by atoms with van der Waals surface area (Å²) >= 11 is 1.88. The average molecular weight is 301 g/mol. The van der Waals surface area contributed by atoms with Crippen molar-refractivity contribution in [3.05, 3.63) is 51.2 Å². The quantitative estimate of drug-likeness (QED) is 0.880. The maximum absolute atomic E-state index is 5.84. The van der Waals surface area contributed by atoms with Crippen LogP contribution in [0.4, 0.5) is 0 Å². The molecule has 21 heavy (non-hydrogen) atoms. The standard InChI is InChI=1S/C18H23NOS/c1-11-10-20-17-8-6-5-7-15(17)18(11)19-13(3)16-9-12(2)21-14(16)4/h5-9,11,13,18-19H,10H2,1-4H3. The first kappa shape index (κ1) is 14.6. The van der Waals surface area contributed by atoms with Crippen LogP contribution < -0.4 is 10.1 Å². The summed E-state index contributed by atoms with van der Waals surface area (Å²) in [6, 6.07) is 11.4. The fraction of sp³-hybridized carbons (Fsp3) is 0.444. The summed E-state index contributed by atoms with van der Waals surface area (Å²) in [6.07, 6.45) is 0. The molecule has 0 spiro atoms. The van der Waals surface area contributed by atoms with Gasteiger partial charge in [-0.2, -0.15) is 0 Å². The van der Waals surface area contributed by atoms with E-state index in [4.69, 9.17) is 4.74 Å². The van der Waals surface area contributed by atoms with Crippen LogP contribution in [0.2, 0.25) is 0 Å². The number of hydrogen-bond acceptors (Lipinski definition) is 3. The molecule has 1 aliphatic heterocycles. The second kappa shape index (κ2) is 5.82. The maximum atomic E-state index is 5.84. The van der Waals surface area contributed by atoms with Crippen molar-refractivity contribution in [3.63, 3.8) is 0 Å². The van der Waals surface area contributed by atoms with Gasteiger partial charge in [-0.3, -0.25) is 0 Å². The van der Waals surface area contributed by atoms with Crippen LogP contribution >= 0.6 is 11.3 Å². The SMILES string of the molecule is Cc1cc(C(C)NC2c3ccccc3OCC2C)c(C)s1. The first-order chi connectivity index (χ1) is 10.1. The molecule has 0 fully saturated rings. The van der Waals surface area contributed by atoms with Gasteiger partial charge in [0.1, 0.15) is 5.75 Å². The largest absolute Gasteiger partial charge is 0.493 e. The van der Waals surface area contributed by atoms with Gasteiger partial charge >= 0.3 is 0 Å². The molecular formula is C18H23NOS. The van der Waals surface area contributed by atoms with Gasteiger partial charge in [-0.25, -0.2) is 0 Å². The lowest BCUT2D eigenvalue weighted by molar-refractivity contribution is 0.182. The van der Waals surface area contributed by atoms with Gasteiger partial charge in [0, 0.05) is 33.3 Å². The molecule has 1 aliphatic rings. The number of aryl methyl sites for hydroxylation is 2. The molecule has 2 nitrogen and oxygen atoms in total. The molecule has 2 aromatic rings. The predicted octanol–water partition coefficient (Wildman–Crippen LogP) is 4.79. The summed E-state index contributed by atoms with van der Waals surface area (Å²) in [5.74, 6) is 1.50. The summed E-state index contributed by atoms with van der Waals surface area (Å²) in [7, 11) is 0. The van der Waals surface area contributed by atoms with Crippen molar-refractivity contribution in [2.75, 3.05) is 6.61 Å². The minimum Gasteiger partial charge on any atom is -0.493 e. The molecule has 3 unspecified atom stereocenters. The minimum atomic E-state index is 0.351. The lowest BCUT2D eigenvalue weighted by Crippen LogP contribution is -2.35. The van der Waals surface area contributed by atoms with E-state index in [9.17, 15) is 0 Å². The highest BCUT2D eigenvalue weighted by atomic mass is 32.1. The van der Waals surface area contributed by atoms with E-state index in [2.05, 4.69) is 57.3 Å². The van der Waals surface area contributed by atoms with Gasteiger partial charge in [-0.05, 0) is 38.5 Å². The normalized spacial score (nSPS) is 22.5. The second-order valence-corrected chi connectivity index (χ2v) is 7.52. The maximum Gasteiger partial charge on any atom is 0.124 e. The fourth-order valence-corrected chi connectivity index (χ4v) is 4.21. The highest BCUT2D eigenvalue weighted by molar-refractivity contribution is 7.12. The monoisotopic (exact) mass is 301 g/mol. The average Bonchev–Trinajstić information content (AvgIpc) is 2.81. The number of para-hydroxylation sites is 1. The molecule has 3 heteroatoms. The number of ether oxygens (including phenoxy) is 1. The number of thiophene rings is 1. The third-order valence-electron chi connectivity index (χ3n) is 4.30. The van der Waals surface area contributed by atoms with Crippen molar-refractivity contribution in [1.82, 2.24) is 5.32 Å². The van der Waals surface area contributed by atoms with E-state index in [1.54, 1.807) is 0 Å². The van der Waals surface area contributed by atoms with Crippen LogP contribution in [0.3, 0.4) is 0 Å². The predicted molar refractivity (Wildman–Crippen MR) is 89.2 cm³/mol. The van der Waals surface area contributed by atoms with E-state index >= 15 is 0 Å². The first-order valence-corrected chi connectivity index (χ1v) is 8.42. The summed E-state index contributed by atoms with van der Waals surface area (Å²) in [4.78, 5) is 2.80. The van der Waals surface area contributed by atoms with E-state index in [1.165, 1.54) is 20.9 Å². The molecule has 1 N–H and O–H groups in total. The molecule has 0 amide bonds. The van der Waals surface area contributed by atoms with E-state index in [0.29, 0.717) is 18.0 Å². The van der Waals surface area contributed by atoms with Crippen molar-refractivity contribution in [2.24, 2.45) is 5.92 Å². The van der Waals surface area contributed by atoms with Gasteiger partial charge < -0.3 is 10.1 Å². The molecule has 1 aromatic heterocycles. The number of fused-ring (bicyclic) bond motifs is 1. The molecule has 0 radical (unpaired) electrons. The van der Waals surface area contributed by atoms with Gasteiger partial charge in [0.25, 0.3) is 0 Å². The Bertz CT molecular complexity index is 634. The van der Waals surface area contributed by atoms with Crippen LogP contribution in [0, 0.1) is 19.8 Å². The van der Waals surface area contributed by atoms with Crippen LogP contribution in [0.5, 0.6) is 5.75 Å². The highest BCUT2D eigenvalue weighted by Gasteiger charge is 2.29. The van der Waals surface area contributed by atoms with Crippen LogP contribution in [0.1, 0.15) is 46.8 Å². The highest BCUT2D eigenvalue weighted by Crippen LogP contribution is 2.37. The summed E-state index contributed by atoms with van der Waals surface area (Å²) in [6.45, 7) is 9.70. The summed E-state index contributed by atoms with van der Waals surface area (Å²) in [5.41, 5.74) is 2.71. The molecule has 0 saturated carbocycles. The van der Waals surface area contributed by atoms with Crippen LogP contribution in [-0.4, -0.2) is 6.61 Å². The van der Waals surface area contributed by atoms with Crippen molar-refractivity contribution >= 4 is 11.3 Å². The zero-order valence-corrected chi connectivity index (χ0v) is 14.0. The Hall–Kier alpha value is -1.32. The third-order valence-corrected chi connectivity index (χ3v) is 5.28. The third kappa shape index (κ3) is 2.85. The zero-order valence-electron chi connectivity index (χ0n) is 13.1. The lowest BCUT2D eigenvalue weighted by Gasteiger charge is -2.34. The molecular weight excluding hydrogens is 278 g/mol. The molecule has 1 aromatic carbocycles. The number of nitrogens with one attached hydrogen (secondary N) is 1. The Morgan fingerprint density at radius 1 is 1.29 bits per heavy atom. The van der Waals surface area contributed by atoms with E-state index < -0.39 is 0 Å². The van der Waals surface area contributed by atoms with Crippen molar-refractivity contribution < 1.29 is 4.74 Å². The van der Waals surface area contributed by atoms with Crippen LogP contribution in [0.15, 0.2) is 30.3 Å². The Morgan fingerprint density at radius 2 is 2.05 bits per heavy atom. The molecule has 3 atom stereocenters.